The van der Waals surface area contributed by atoms with Gasteiger partial charge in [0, 0.05) is 18.1 Å². The molecule has 1 aliphatic heterocycles. The summed E-state index contributed by atoms with van der Waals surface area (Å²) in [5.41, 5.74) is 7.39. The molecule has 0 aromatic heterocycles. The van der Waals surface area contributed by atoms with Crippen LogP contribution >= 0.6 is 0 Å². The van der Waals surface area contributed by atoms with Crippen LogP contribution in [0.25, 0.3) is 11.1 Å². The first kappa shape index (κ1) is 19.2. The van der Waals surface area contributed by atoms with Crippen molar-refractivity contribution in [3.05, 3.63) is 95.1 Å². The number of ether oxygens (including phenoxy) is 2. The molecule has 1 saturated heterocycles. The van der Waals surface area contributed by atoms with E-state index >= 15 is 0 Å². The summed E-state index contributed by atoms with van der Waals surface area (Å²) < 4.78 is 11.2. The van der Waals surface area contributed by atoms with Gasteiger partial charge >= 0.3 is 0 Å². The second-order valence-electron chi connectivity index (χ2n) is 8.16. The standard InChI is InChI=1S/C27H26O3/c28-26(18-30-27-11-5-6-16-29-27)20-14-12-19(13-15-20)17-25-23-9-3-1-7-21(23)22-8-2-4-10-24(22)25/h1-4,7-10,12-15,25,27H,5-6,11,16-18H2. The van der Waals surface area contributed by atoms with Gasteiger partial charge in [-0.2, -0.15) is 0 Å². The van der Waals surface area contributed by atoms with Crippen molar-refractivity contribution in [2.24, 2.45) is 0 Å². The fraction of sp³-hybridized carbons (Fsp3) is 0.296. The van der Waals surface area contributed by atoms with Crippen molar-refractivity contribution in [1.82, 2.24) is 0 Å². The molecule has 2 aliphatic rings. The molecule has 3 aromatic carbocycles. The number of rotatable bonds is 6. The number of carbonyl (C=O) groups excluding carboxylic acids is 1. The minimum atomic E-state index is -0.232. The van der Waals surface area contributed by atoms with Crippen molar-refractivity contribution in [1.29, 1.82) is 0 Å². The molecule has 0 saturated carbocycles. The molecule has 1 heterocycles. The molecular weight excluding hydrogens is 372 g/mol. The minimum absolute atomic E-state index is 0.00674. The molecule has 3 heteroatoms. The number of hydrogen-bond donors (Lipinski definition) is 0. The van der Waals surface area contributed by atoms with E-state index < -0.39 is 0 Å². The Morgan fingerprint density at radius 3 is 2.17 bits per heavy atom. The summed E-state index contributed by atoms with van der Waals surface area (Å²) in [5.74, 6) is 0.359. The highest BCUT2D eigenvalue weighted by atomic mass is 16.7. The number of hydrogen-bond acceptors (Lipinski definition) is 3. The normalized spacial score (nSPS) is 18.1. The van der Waals surface area contributed by atoms with Gasteiger partial charge in [-0.15, -0.1) is 0 Å². The maximum Gasteiger partial charge on any atom is 0.188 e. The summed E-state index contributed by atoms with van der Waals surface area (Å²) >= 11 is 0. The quantitative estimate of drug-likeness (QED) is 0.495. The molecule has 0 N–H and O–H groups in total. The third kappa shape index (κ3) is 3.83. The highest BCUT2D eigenvalue weighted by Crippen LogP contribution is 2.45. The summed E-state index contributed by atoms with van der Waals surface area (Å²) in [6.45, 7) is 0.800. The maximum atomic E-state index is 12.5. The third-order valence-electron chi connectivity index (χ3n) is 6.22. The Balaban J connectivity index is 1.28. The second kappa shape index (κ2) is 8.55. The lowest BCUT2D eigenvalue weighted by molar-refractivity contribution is -0.155. The van der Waals surface area contributed by atoms with Crippen LogP contribution in [0.15, 0.2) is 72.8 Å². The van der Waals surface area contributed by atoms with Crippen LogP contribution in [0.2, 0.25) is 0 Å². The zero-order valence-electron chi connectivity index (χ0n) is 17.1. The van der Waals surface area contributed by atoms with Crippen molar-refractivity contribution < 1.29 is 14.3 Å². The van der Waals surface area contributed by atoms with Crippen LogP contribution in [-0.2, 0) is 15.9 Å². The van der Waals surface area contributed by atoms with E-state index in [9.17, 15) is 4.79 Å². The van der Waals surface area contributed by atoms with E-state index in [4.69, 9.17) is 9.47 Å². The first-order valence-corrected chi connectivity index (χ1v) is 10.8. The highest BCUT2D eigenvalue weighted by molar-refractivity contribution is 5.97. The third-order valence-corrected chi connectivity index (χ3v) is 6.22. The van der Waals surface area contributed by atoms with Crippen molar-refractivity contribution in [2.75, 3.05) is 13.2 Å². The molecule has 152 valence electrons. The van der Waals surface area contributed by atoms with Crippen LogP contribution < -0.4 is 0 Å². The maximum absolute atomic E-state index is 12.5. The number of ketones is 1. The number of carbonyl (C=O) groups is 1. The molecule has 1 fully saturated rings. The average molecular weight is 399 g/mol. The van der Waals surface area contributed by atoms with Gasteiger partial charge < -0.3 is 9.47 Å². The zero-order valence-corrected chi connectivity index (χ0v) is 17.1. The lowest BCUT2D eigenvalue weighted by Gasteiger charge is -2.22. The van der Waals surface area contributed by atoms with Crippen LogP contribution in [-0.4, -0.2) is 25.3 Å². The molecular formula is C27H26O3. The van der Waals surface area contributed by atoms with Crippen LogP contribution in [0.5, 0.6) is 0 Å². The SMILES string of the molecule is O=C(COC1CCCCO1)c1ccc(CC2c3ccccc3-c3ccccc32)cc1. The molecule has 3 aromatic rings. The minimum Gasteiger partial charge on any atom is -0.353 e. The van der Waals surface area contributed by atoms with Crippen molar-refractivity contribution in [3.63, 3.8) is 0 Å². The Bertz CT molecular complexity index is 986. The van der Waals surface area contributed by atoms with Crippen LogP contribution in [0.1, 0.15) is 52.2 Å². The molecule has 0 amide bonds. The molecule has 0 bridgehead atoms. The highest BCUT2D eigenvalue weighted by Gasteiger charge is 2.28. The van der Waals surface area contributed by atoms with Crippen LogP contribution in [0.3, 0.4) is 0 Å². The Kier molecular flexibility index (Phi) is 5.48. The lowest BCUT2D eigenvalue weighted by Crippen LogP contribution is -2.25. The predicted octanol–water partition coefficient (Wildman–Crippen LogP) is 5.77. The summed E-state index contributed by atoms with van der Waals surface area (Å²) in [6, 6.07) is 25.4. The topological polar surface area (TPSA) is 35.5 Å². The van der Waals surface area contributed by atoms with E-state index in [1.54, 1.807) is 0 Å². The predicted molar refractivity (Wildman–Crippen MR) is 118 cm³/mol. The first-order valence-electron chi connectivity index (χ1n) is 10.8. The summed E-state index contributed by atoms with van der Waals surface area (Å²) in [5, 5.41) is 0. The van der Waals surface area contributed by atoms with Gasteiger partial charge in [0.25, 0.3) is 0 Å². The fourth-order valence-corrected chi connectivity index (χ4v) is 4.64. The fourth-order valence-electron chi connectivity index (χ4n) is 4.64. The molecule has 3 nitrogen and oxygen atoms in total. The second-order valence-corrected chi connectivity index (χ2v) is 8.16. The number of benzene rings is 3. The molecule has 1 atom stereocenters. The smallest absolute Gasteiger partial charge is 0.188 e. The largest absolute Gasteiger partial charge is 0.353 e. The summed E-state index contributed by atoms with van der Waals surface area (Å²) in [7, 11) is 0. The van der Waals surface area contributed by atoms with Crippen molar-refractivity contribution in [2.45, 2.75) is 37.9 Å². The van der Waals surface area contributed by atoms with Crippen molar-refractivity contribution >= 4 is 5.78 Å². The Morgan fingerprint density at radius 1 is 0.867 bits per heavy atom. The Hall–Kier alpha value is -2.75. The van der Waals surface area contributed by atoms with Gasteiger partial charge in [-0.25, -0.2) is 0 Å². The van der Waals surface area contributed by atoms with E-state index in [1.165, 1.54) is 27.8 Å². The van der Waals surface area contributed by atoms with E-state index in [0.717, 1.165) is 32.3 Å². The van der Waals surface area contributed by atoms with Gasteiger partial charge in [0.15, 0.2) is 12.1 Å². The van der Waals surface area contributed by atoms with E-state index in [1.807, 2.05) is 12.1 Å². The lowest BCUT2D eigenvalue weighted by atomic mass is 9.90. The summed E-state index contributed by atoms with van der Waals surface area (Å²) in [6.07, 6.45) is 3.74. The van der Waals surface area contributed by atoms with Gasteiger partial charge in [-0.05, 0) is 53.5 Å². The molecule has 30 heavy (non-hydrogen) atoms. The van der Waals surface area contributed by atoms with E-state index in [0.29, 0.717) is 11.5 Å². The summed E-state index contributed by atoms with van der Waals surface area (Å²) in [4.78, 5) is 12.5. The van der Waals surface area contributed by atoms with Gasteiger partial charge in [-0.3, -0.25) is 4.79 Å². The van der Waals surface area contributed by atoms with Gasteiger partial charge in [0.2, 0.25) is 0 Å². The zero-order chi connectivity index (χ0) is 20.3. The molecule has 1 unspecified atom stereocenters. The van der Waals surface area contributed by atoms with Crippen LogP contribution in [0, 0.1) is 0 Å². The molecule has 0 radical (unpaired) electrons. The molecule has 0 spiro atoms. The first-order chi connectivity index (χ1) is 14.8. The van der Waals surface area contributed by atoms with E-state index in [2.05, 4.69) is 60.7 Å². The van der Waals surface area contributed by atoms with Crippen LogP contribution in [0.4, 0.5) is 0 Å². The number of fused-ring (bicyclic) bond motifs is 3. The van der Waals surface area contributed by atoms with Gasteiger partial charge in [0.1, 0.15) is 6.61 Å². The Labute approximate surface area is 177 Å². The number of Topliss-reactive ketones (excluding diaryl/α,β-unsaturated/α-hetero) is 1. The van der Waals surface area contributed by atoms with Crippen molar-refractivity contribution in [3.8, 4) is 11.1 Å². The monoisotopic (exact) mass is 398 g/mol. The van der Waals surface area contributed by atoms with Gasteiger partial charge in [-0.1, -0.05) is 72.8 Å². The van der Waals surface area contributed by atoms with E-state index in [-0.39, 0.29) is 18.7 Å². The molecule has 5 rings (SSSR count). The molecule has 1 aliphatic carbocycles. The van der Waals surface area contributed by atoms with Gasteiger partial charge in [0.05, 0.1) is 0 Å². The average Bonchev–Trinajstić information content (AvgIpc) is 3.12. The Morgan fingerprint density at radius 2 is 1.53 bits per heavy atom.